The molecule has 3 nitrogen and oxygen atoms in total. The van der Waals surface area contributed by atoms with Crippen LogP contribution in [0.5, 0.6) is 0 Å². The molecule has 1 heterocycles. The molecule has 0 atom stereocenters. The van der Waals surface area contributed by atoms with Crippen LogP contribution in [-0.4, -0.2) is 15.6 Å². The maximum Gasteiger partial charge on any atom is 0.136 e. The second-order valence-corrected chi connectivity index (χ2v) is 3.76. The van der Waals surface area contributed by atoms with E-state index >= 15 is 0 Å². The Kier molecular flexibility index (Phi) is 2.17. The predicted octanol–water partition coefficient (Wildman–Crippen LogP) is 1.33. The molecular weight excluding hydrogens is 164 g/mol. The van der Waals surface area contributed by atoms with Crippen LogP contribution in [0.1, 0.15) is 24.8 Å². The van der Waals surface area contributed by atoms with E-state index in [1.807, 2.05) is 19.4 Å². The van der Waals surface area contributed by atoms with E-state index in [9.17, 15) is 4.79 Å². The summed E-state index contributed by atoms with van der Waals surface area (Å²) in [6, 6.07) is 0. The van der Waals surface area contributed by atoms with E-state index in [2.05, 4.69) is 5.10 Å². The van der Waals surface area contributed by atoms with Gasteiger partial charge in [-0.15, -0.1) is 0 Å². The molecule has 0 unspecified atom stereocenters. The smallest absolute Gasteiger partial charge is 0.136 e. The third-order valence-corrected chi connectivity index (χ3v) is 2.45. The lowest BCUT2D eigenvalue weighted by Gasteiger charge is -1.95. The second kappa shape index (κ2) is 3.32. The number of carbonyl (C=O) groups excluding carboxylic acids is 1. The molecule has 0 aliphatic heterocycles. The van der Waals surface area contributed by atoms with E-state index in [0.717, 1.165) is 24.8 Å². The lowest BCUT2D eigenvalue weighted by Crippen LogP contribution is -2.01. The van der Waals surface area contributed by atoms with Crippen LogP contribution in [0.15, 0.2) is 12.4 Å². The molecule has 3 heteroatoms. The fourth-order valence-corrected chi connectivity index (χ4v) is 1.48. The first kappa shape index (κ1) is 8.48. The Hall–Kier alpha value is -1.12. The summed E-state index contributed by atoms with van der Waals surface area (Å²) in [5.74, 6) is 0.834. The molecule has 0 radical (unpaired) electrons. The van der Waals surface area contributed by atoms with Crippen molar-refractivity contribution < 1.29 is 4.79 Å². The molecular formula is C10H14N2O. The minimum Gasteiger partial charge on any atom is -0.299 e. The quantitative estimate of drug-likeness (QED) is 0.697. The van der Waals surface area contributed by atoms with Gasteiger partial charge in [-0.1, -0.05) is 0 Å². The van der Waals surface area contributed by atoms with Crippen LogP contribution in [0.4, 0.5) is 0 Å². The summed E-state index contributed by atoms with van der Waals surface area (Å²) in [6.45, 7) is 0. The Morgan fingerprint density at radius 3 is 3.00 bits per heavy atom. The normalized spacial score (nSPS) is 16.1. The molecule has 0 N–H and O–H groups in total. The minimum atomic E-state index is 0.400. The van der Waals surface area contributed by atoms with Gasteiger partial charge in [0.2, 0.25) is 0 Å². The summed E-state index contributed by atoms with van der Waals surface area (Å²) in [5.41, 5.74) is 1.16. The molecule has 2 rings (SSSR count). The van der Waals surface area contributed by atoms with Crippen molar-refractivity contribution in [1.29, 1.82) is 0 Å². The third-order valence-electron chi connectivity index (χ3n) is 2.45. The number of hydrogen-bond donors (Lipinski definition) is 0. The number of nitrogens with zero attached hydrogens (tertiary/aromatic N) is 2. The minimum absolute atomic E-state index is 0.400. The molecule has 13 heavy (non-hydrogen) atoms. The molecule has 1 aromatic heterocycles. The predicted molar refractivity (Wildman–Crippen MR) is 49.3 cm³/mol. The Morgan fingerprint density at radius 1 is 1.69 bits per heavy atom. The van der Waals surface area contributed by atoms with E-state index in [1.165, 1.54) is 0 Å². The Balaban J connectivity index is 1.81. The highest BCUT2D eigenvalue weighted by atomic mass is 16.1. The SMILES string of the molecule is Cn1cc(CCC(=O)C2CC2)cn1. The van der Waals surface area contributed by atoms with E-state index in [4.69, 9.17) is 0 Å². The second-order valence-electron chi connectivity index (χ2n) is 3.76. The highest BCUT2D eigenvalue weighted by Crippen LogP contribution is 2.31. The summed E-state index contributed by atoms with van der Waals surface area (Å²) in [7, 11) is 1.90. The molecule has 0 aromatic carbocycles. The average Bonchev–Trinajstić information content (AvgIpc) is 2.87. The van der Waals surface area contributed by atoms with Gasteiger partial charge >= 0.3 is 0 Å². The van der Waals surface area contributed by atoms with Crippen LogP contribution in [0.3, 0.4) is 0 Å². The molecule has 1 aromatic rings. The maximum atomic E-state index is 11.4. The van der Waals surface area contributed by atoms with Crippen LogP contribution in [-0.2, 0) is 18.3 Å². The van der Waals surface area contributed by atoms with Crippen molar-refractivity contribution in [3.05, 3.63) is 18.0 Å². The van der Waals surface area contributed by atoms with Crippen molar-refractivity contribution >= 4 is 5.78 Å². The van der Waals surface area contributed by atoms with Crippen molar-refractivity contribution in [2.75, 3.05) is 0 Å². The largest absolute Gasteiger partial charge is 0.299 e. The molecule has 0 amide bonds. The summed E-state index contributed by atoms with van der Waals surface area (Å²) < 4.78 is 1.77. The van der Waals surface area contributed by atoms with Gasteiger partial charge in [0.25, 0.3) is 0 Å². The van der Waals surface area contributed by atoms with E-state index in [0.29, 0.717) is 18.1 Å². The topological polar surface area (TPSA) is 34.9 Å². The van der Waals surface area contributed by atoms with Crippen molar-refractivity contribution in [1.82, 2.24) is 9.78 Å². The van der Waals surface area contributed by atoms with Crippen LogP contribution in [0, 0.1) is 5.92 Å². The lowest BCUT2D eigenvalue weighted by atomic mass is 10.1. The molecule has 1 aliphatic carbocycles. The number of ketones is 1. The van der Waals surface area contributed by atoms with E-state index in [1.54, 1.807) is 4.68 Å². The first-order chi connectivity index (χ1) is 6.25. The molecule has 70 valence electrons. The van der Waals surface area contributed by atoms with Gasteiger partial charge in [0.15, 0.2) is 0 Å². The average molecular weight is 178 g/mol. The standard InChI is InChI=1S/C10H14N2O/c1-12-7-8(6-11-12)2-5-10(13)9-3-4-9/h6-7,9H,2-5H2,1H3. The van der Waals surface area contributed by atoms with Gasteiger partial charge < -0.3 is 0 Å². The Morgan fingerprint density at radius 2 is 2.46 bits per heavy atom. The number of hydrogen-bond acceptors (Lipinski definition) is 2. The van der Waals surface area contributed by atoms with Gasteiger partial charge in [0.05, 0.1) is 6.20 Å². The van der Waals surface area contributed by atoms with Gasteiger partial charge in [0.1, 0.15) is 5.78 Å². The molecule has 0 bridgehead atoms. The van der Waals surface area contributed by atoms with E-state index < -0.39 is 0 Å². The molecule has 1 saturated carbocycles. The van der Waals surface area contributed by atoms with Crippen molar-refractivity contribution in [3.8, 4) is 0 Å². The van der Waals surface area contributed by atoms with Gasteiger partial charge in [0, 0.05) is 25.6 Å². The van der Waals surface area contributed by atoms with Crippen molar-refractivity contribution in [2.24, 2.45) is 13.0 Å². The van der Waals surface area contributed by atoms with Gasteiger partial charge in [-0.3, -0.25) is 9.48 Å². The Bertz CT molecular complexity index is 312. The monoisotopic (exact) mass is 178 g/mol. The molecule has 1 fully saturated rings. The van der Waals surface area contributed by atoms with Gasteiger partial charge in [-0.25, -0.2) is 0 Å². The third kappa shape index (κ3) is 2.17. The van der Waals surface area contributed by atoms with Crippen LogP contribution in [0.25, 0.3) is 0 Å². The zero-order valence-corrected chi connectivity index (χ0v) is 7.86. The number of aryl methyl sites for hydroxylation is 2. The van der Waals surface area contributed by atoms with Crippen LogP contribution >= 0.6 is 0 Å². The fourth-order valence-electron chi connectivity index (χ4n) is 1.48. The number of carbonyl (C=O) groups is 1. The zero-order chi connectivity index (χ0) is 9.26. The zero-order valence-electron chi connectivity index (χ0n) is 7.86. The van der Waals surface area contributed by atoms with Gasteiger partial charge in [-0.05, 0) is 24.8 Å². The summed E-state index contributed by atoms with van der Waals surface area (Å²) in [6.07, 6.45) is 7.58. The van der Waals surface area contributed by atoms with Crippen LogP contribution < -0.4 is 0 Å². The molecule has 0 saturated heterocycles. The fraction of sp³-hybridized carbons (Fsp3) is 0.600. The molecule has 0 spiro atoms. The van der Waals surface area contributed by atoms with Gasteiger partial charge in [-0.2, -0.15) is 5.10 Å². The van der Waals surface area contributed by atoms with Crippen LogP contribution in [0.2, 0.25) is 0 Å². The Labute approximate surface area is 77.7 Å². The number of aromatic nitrogens is 2. The number of rotatable bonds is 4. The van der Waals surface area contributed by atoms with Crippen molar-refractivity contribution in [2.45, 2.75) is 25.7 Å². The molecule has 1 aliphatic rings. The summed E-state index contributed by atoms with van der Waals surface area (Å²) in [4.78, 5) is 11.4. The summed E-state index contributed by atoms with van der Waals surface area (Å²) >= 11 is 0. The highest BCUT2D eigenvalue weighted by Gasteiger charge is 2.28. The first-order valence-corrected chi connectivity index (χ1v) is 4.76. The van der Waals surface area contributed by atoms with Crippen molar-refractivity contribution in [3.63, 3.8) is 0 Å². The summed E-state index contributed by atoms with van der Waals surface area (Å²) in [5, 5.41) is 4.06. The number of Topliss-reactive ketones (excluding diaryl/α,β-unsaturated/α-hetero) is 1. The maximum absolute atomic E-state index is 11.4. The lowest BCUT2D eigenvalue weighted by molar-refractivity contribution is -0.120. The highest BCUT2D eigenvalue weighted by molar-refractivity contribution is 5.83. The first-order valence-electron chi connectivity index (χ1n) is 4.76. The van der Waals surface area contributed by atoms with E-state index in [-0.39, 0.29) is 0 Å².